The molecule has 3 N–H and O–H groups in total. The lowest BCUT2D eigenvalue weighted by molar-refractivity contribution is 0.581. The first-order valence-corrected chi connectivity index (χ1v) is 11.2. The van der Waals surface area contributed by atoms with Crippen LogP contribution < -0.4 is 15.4 Å². The molecule has 10 heteroatoms. The number of rotatable bonds is 9. The first kappa shape index (κ1) is 22.8. The van der Waals surface area contributed by atoms with E-state index in [9.17, 15) is 8.42 Å². The van der Waals surface area contributed by atoms with E-state index in [0.717, 1.165) is 17.8 Å². The van der Waals surface area contributed by atoms with Crippen LogP contribution in [0, 0.1) is 13.8 Å². The minimum atomic E-state index is -3.57. The number of nitrogens with one attached hydrogen (secondary N) is 3. The standard InChI is InChI=1S/C19H31N7O2S/c1-6-21-19(24-14(2)12-18-15(3)25-26(5)16(18)4)22-10-11-23-29(27,28)17-8-7-9-20-13-17/h7-9,13-14,23H,6,10-12H2,1-5H3,(H2,21,22,24). The number of hydrogen-bond acceptors (Lipinski definition) is 5. The quantitative estimate of drug-likeness (QED) is 0.315. The van der Waals surface area contributed by atoms with Crippen LogP contribution in [0.25, 0.3) is 0 Å². The Morgan fingerprint density at radius 3 is 2.69 bits per heavy atom. The monoisotopic (exact) mass is 421 g/mol. The van der Waals surface area contributed by atoms with E-state index in [1.807, 2.05) is 25.6 Å². The van der Waals surface area contributed by atoms with Crippen molar-refractivity contribution < 1.29 is 8.42 Å². The Morgan fingerprint density at radius 1 is 1.34 bits per heavy atom. The Bertz CT molecular complexity index is 924. The van der Waals surface area contributed by atoms with Crippen LogP contribution in [0.4, 0.5) is 0 Å². The van der Waals surface area contributed by atoms with Gasteiger partial charge in [-0.05, 0) is 51.8 Å². The Balaban J connectivity index is 1.92. The second-order valence-corrected chi connectivity index (χ2v) is 8.64. The molecule has 0 aliphatic carbocycles. The lowest BCUT2D eigenvalue weighted by atomic mass is 10.1. The fourth-order valence-corrected chi connectivity index (χ4v) is 3.94. The van der Waals surface area contributed by atoms with Crippen LogP contribution in [0.2, 0.25) is 0 Å². The molecule has 1 atom stereocenters. The van der Waals surface area contributed by atoms with Gasteiger partial charge in [0.05, 0.1) is 12.2 Å². The zero-order valence-electron chi connectivity index (χ0n) is 17.7. The van der Waals surface area contributed by atoms with Gasteiger partial charge < -0.3 is 10.6 Å². The summed E-state index contributed by atoms with van der Waals surface area (Å²) in [6.45, 7) is 9.38. The van der Waals surface area contributed by atoms with E-state index in [4.69, 9.17) is 0 Å². The van der Waals surface area contributed by atoms with Gasteiger partial charge in [-0.1, -0.05) is 0 Å². The molecule has 0 aliphatic rings. The van der Waals surface area contributed by atoms with Crippen molar-refractivity contribution in [2.24, 2.45) is 12.0 Å². The predicted molar refractivity (Wildman–Crippen MR) is 114 cm³/mol. The summed E-state index contributed by atoms with van der Waals surface area (Å²) in [6.07, 6.45) is 3.68. The van der Waals surface area contributed by atoms with Gasteiger partial charge in [0.1, 0.15) is 4.90 Å². The molecule has 9 nitrogen and oxygen atoms in total. The van der Waals surface area contributed by atoms with E-state index in [-0.39, 0.29) is 17.5 Å². The van der Waals surface area contributed by atoms with E-state index in [1.165, 1.54) is 24.0 Å². The number of hydrogen-bond donors (Lipinski definition) is 3. The second-order valence-electron chi connectivity index (χ2n) is 6.87. The molecule has 0 saturated carbocycles. The van der Waals surface area contributed by atoms with Crippen molar-refractivity contribution in [3.8, 4) is 0 Å². The maximum atomic E-state index is 12.2. The fourth-order valence-electron chi connectivity index (χ4n) is 2.96. The molecule has 0 aliphatic heterocycles. The number of nitrogens with zero attached hydrogens (tertiary/aromatic N) is 4. The number of guanidine groups is 1. The normalized spacial score (nSPS) is 13.3. The number of aromatic nitrogens is 3. The van der Waals surface area contributed by atoms with Crippen LogP contribution in [-0.2, 0) is 23.5 Å². The van der Waals surface area contributed by atoms with Crippen LogP contribution in [0.5, 0.6) is 0 Å². The van der Waals surface area contributed by atoms with Crippen LogP contribution in [0.1, 0.15) is 30.8 Å². The lowest BCUT2D eigenvalue weighted by Crippen LogP contribution is -2.43. The van der Waals surface area contributed by atoms with Crippen molar-refractivity contribution in [3.05, 3.63) is 41.5 Å². The summed E-state index contributed by atoms with van der Waals surface area (Å²) in [7, 11) is -1.63. The smallest absolute Gasteiger partial charge is 0.242 e. The molecular formula is C19H31N7O2S. The highest BCUT2D eigenvalue weighted by molar-refractivity contribution is 7.89. The Hall–Kier alpha value is -2.46. The Kier molecular flexibility index (Phi) is 8.15. The van der Waals surface area contributed by atoms with Crippen molar-refractivity contribution in [2.45, 2.75) is 45.1 Å². The van der Waals surface area contributed by atoms with Crippen molar-refractivity contribution in [2.75, 3.05) is 19.6 Å². The van der Waals surface area contributed by atoms with E-state index < -0.39 is 10.0 Å². The molecule has 0 saturated heterocycles. The average Bonchev–Trinajstić information content (AvgIpc) is 2.92. The second kappa shape index (κ2) is 10.4. The van der Waals surface area contributed by atoms with Gasteiger partial charge in [-0.25, -0.2) is 13.1 Å². The van der Waals surface area contributed by atoms with Gasteiger partial charge in [0.15, 0.2) is 5.96 Å². The SMILES string of the molecule is CCNC(=NCCNS(=O)(=O)c1cccnc1)NC(C)Cc1c(C)nn(C)c1C. The summed E-state index contributed by atoms with van der Waals surface area (Å²) in [5.74, 6) is 0.653. The van der Waals surface area contributed by atoms with Crippen molar-refractivity contribution >= 4 is 16.0 Å². The van der Waals surface area contributed by atoms with Crippen molar-refractivity contribution in [3.63, 3.8) is 0 Å². The van der Waals surface area contributed by atoms with E-state index in [0.29, 0.717) is 19.0 Å². The third-order valence-electron chi connectivity index (χ3n) is 4.52. The Morgan fingerprint density at radius 2 is 2.10 bits per heavy atom. The van der Waals surface area contributed by atoms with Gasteiger partial charge in [0.25, 0.3) is 0 Å². The summed E-state index contributed by atoms with van der Waals surface area (Å²) in [5, 5.41) is 11.0. The van der Waals surface area contributed by atoms with Gasteiger partial charge >= 0.3 is 0 Å². The molecule has 0 amide bonds. The van der Waals surface area contributed by atoms with Crippen LogP contribution in [0.15, 0.2) is 34.4 Å². The van der Waals surface area contributed by atoms with Crippen LogP contribution in [-0.4, -0.2) is 54.8 Å². The molecule has 1 unspecified atom stereocenters. The minimum Gasteiger partial charge on any atom is -0.357 e. The molecule has 0 aromatic carbocycles. The number of aliphatic imine (C=N–C) groups is 1. The molecule has 2 rings (SSSR count). The molecular weight excluding hydrogens is 390 g/mol. The maximum absolute atomic E-state index is 12.2. The van der Waals surface area contributed by atoms with E-state index in [1.54, 1.807) is 6.07 Å². The number of pyridine rings is 1. The molecule has 2 aromatic heterocycles. The maximum Gasteiger partial charge on any atom is 0.242 e. The average molecular weight is 422 g/mol. The summed E-state index contributed by atoms with van der Waals surface area (Å²) in [4.78, 5) is 8.46. The minimum absolute atomic E-state index is 0.140. The molecule has 2 aromatic rings. The largest absolute Gasteiger partial charge is 0.357 e. The molecule has 0 bridgehead atoms. The topological polar surface area (TPSA) is 113 Å². The number of sulfonamides is 1. The first-order chi connectivity index (χ1) is 13.7. The summed E-state index contributed by atoms with van der Waals surface area (Å²) < 4.78 is 28.9. The van der Waals surface area contributed by atoms with Crippen molar-refractivity contribution in [1.82, 2.24) is 30.1 Å². The molecule has 0 fully saturated rings. The lowest BCUT2D eigenvalue weighted by Gasteiger charge is -2.18. The summed E-state index contributed by atoms with van der Waals surface area (Å²) in [6, 6.07) is 3.24. The zero-order valence-corrected chi connectivity index (χ0v) is 18.5. The fraction of sp³-hybridized carbons (Fsp3) is 0.526. The Labute approximate surface area is 173 Å². The first-order valence-electron chi connectivity index (χ1n) is 9.68. The van der Waals surface area contributed by atoms with Gasteiger partial charge in [-0.3, -0.25) is 14.7 Å². The number of aryl methyl sites for hydroxylation is 2. The van der Waals surface area contributed by atoms with E-state index in [2.05, 4.69) is 44.3 Å². The highest BCUT2D eigenvalue weighted by Crippen LogP contribution is 2.14. The zero-order chi connectivity index (χ0) is 21.4. The molecule has 0 spiro atoms. The summed E-state index contributed by atoms with van der Waals surface area (Å²) >= 11 is 0. The predicted octanol–water partition coefficient (Wildman–Crippen LogP) is 0.897. The van der Waals surface area contributed by atoms with Crippen LogP contribution in [0.3, 0.4) is 0 Å². The van der Waals surface area contributed by atoms with Gasteiger partial charge in [0, 0.05) is 44.3 Å². The molecule has 2 heterocycles. The van der Waals surface area contributed by atoms with Gasteiger partial charge in [0.2, 0.25) is 10.0 Å². The van der Waals surface area contributed by atoms with Crippen LogP contribution >= 0.6 is 0 Å². The van der Waals surface area contributed by atoms with Gasteiger partial charge in [-0.2, -0.15) is 5.10 Å². The van der Waals surface area contributed by atoms with E-state index >= 15 is 0 Å². The molecule has 0 radical (unpaired) electrons. The molecule has 160 valence electrons. The molecule has 29 heavy (non-hydrogen) atoms. The summed E-state index contributed by atoms with van der Waals surface area (Å²) in [5.41, 5.74) is 3.42. The highest BCUT2D eigenvalue weighted by atomic mass is 32.2. The third-order valence-corrected chi connectivity index (χ3v) is 5.96. The third kappa shape index (κ3) is 6.53. The highest BCUT2D eigenvalue weighted by Gasteiger charge is 2.15. The van der Waals surface area contributed by atoms with Gasteiger partial charge in [-0.15, -0.1) is 0 Å². The van der Waals surface area contributed by atoms with Crippen molar-refractivity contribution in [1.29, 1.82) is 0 Å².